The smallest absolute Gasteiger partial charge is 0.216 e. The standard InChI is InChI=1S/C15H21ClN2O4S/c16-13-4-3-11-5-6-18(9-12(11)8-13)23(20,21)10-14(17-19)15-2-1-7-22-15/h3-4,8,14-15,17,19H,1-2,5-7,9-10H2/t14-,15-/m1/s1. The molecule has 6 nitrogen and oxygen atoms in total. The van der Waals surface area contributed by atoms with E-state index in [1.54, 1.807) is 0 Å². The second-order valence-corrected chi connectivity index (χ2v) is 8.51. The van der Waals surface area contributed by atoms with Gasteiger partial charge < -0.3 is 9.94 Å². The molecule has 1 aromatic rings. The Morgan fingerprint density at radius 1 is 1.43 bits per heavy atom. The van der Waals surface area contributed by atoms with E-state index in [9.17, 15) is 13.6 Å². The van der Waals surface area contributed by atoms with Crippen LogP contribution >= 0.6 is 11.6 Å². The van der Waals surface area contributed by atoms with Crippen LogP contribution in [0.4, 0.5) is 0 Å². The van der Waals surface area contributed by atoms with Crippen LogP contribution in [-0.4, -0.2) is 49.0 Å². The number of nitrogens with zero attached hydrogens (tertiary/aromatic N) is 1. The minimum atomic E-state index is -3.50. The number of nitrogens with one attached hydrogen (secondary N) is 1. The summed E-state index contributed by atoms with van der Waals surface area (Å²) >= 11 is 6.00. The molecule has 23 heavy (non-hydrogen) atoms. The van der Waals surface area contributed by atoms with E-state index in [-0.39, 0.29) is 11.9 Å². The fourth-order valence-electron chi connectivity index (χ4n) is 3.22. The molecule has 0 amide bonds. The van der Waals surface area contributed by atoms with Crippen LogP contribution in [0, 0.1) is 0 Å². The molecule has 8 heteroatoms. The van der Waals surface area contributed by atoms with E-state index in [1.165, 1.54) is 4.31 Å². The van der Waals surface area contributed by atoms with Gasteiger partial charge in [-0.1, -0.05) is 17.7 Å². The molecule has 2 heterocycles. The highest BCUT2D eigenvalue weighted by molar-refractivity contribution is 7.89. The van der Waals surface area contributed by atoms with Crippen molar-refractivity contribution in [2.24, 2.45) is 0 Å². The first-order valence-electron chi connectivity index (χ1n) is 7.76. The average Bonchev–Trinajstić information content (AvgIpc) is 3.06. The first-order chi connectivity index (χ1) is 11.0. The number of hydrogen-bond acceptors (Lipinski definition) is 5. The zero-order chi connectivity index (χ0) is 16.4. The summed E-state index contributed by atoms with van der Waals surface area (Å²) in [6.07, 6.45) is 2.05. The maximum atomic E-state index is 12.7. The van der Waals surface area contributed by atoms with Crippen LogP contribution in [0.15, 0.2) is 18.2 Å². The molecule has 1 saturated heterocycles. The number of fused-ring (bicyclic) bond motifs is 1. The van der Waals surface area contributed by atoms with Crippen molar-refractivity contribution in [2.45, 2.75) is 38.0 Å². The van der Waals surface area contributed by atoms with Gasteiger partial charge in [0, 0.05) is 24.7 Å². The van der Waals surface area contributed by atoms with Crippen molar-refractivity contribution in [1.29, 1.82) is 0 Å². The van der Waals surface area contributed by atoms with E-state index in [0.29, 0.717) is 31.1 Å². The van der Waals surface area contributed by atoms with Crippen molar-refractivity contribution in [3.05, 3.63) is 34.3 Å². The third-order valence-corrected chi connectivity index (χ3v) is 6.62. The first kappa shape index (κ1) is 17.1. The molecule has 2 aliphatic heterocycles. The largest absolute Gasteiger partial charge is 0.376 e. The molecule has 2 N–H and O–H groups in total. The molecule has 0 spiro atoms. The quantitative estimate of drug-likeness (QED) is 0.779. The third kappa shape index (κ3) is 3.87. The normalized spacial score (nSPS) is 23.7. The Morgan fingerprint density at radius 2 is 2.26 bits per heavy atom. The van der Waals surface area contributed by atoms with E-state index in [0.717, 1.165) is 24.0 Å². The fourth-order valence-corrected chi connectivity index (χ4v) is 5.07. The SMILES string of the molecule is O=S(=O)(C[C@@H](NO)[C@H]1CCCO1)N1CCc2ccc(Cl)cc2C1. The summed E-state index contributed by atoms with van der Waals surface area (Å²) in [5.41, 5.74) is 4.19. The van der Waals surface area contributed by atoms with Gasteiger partial charge in [-0.15, -0.1) is 0 Å². The molecule has 0 bridgehead atoms. The maximum absolute atomic E-state index is 12.7. The fraction of sp³-hybridized carbons (Fsp3) is 0.600. The molecule has 2 atom stereocenters. The molecule has 3 rings (SSSR count). The van der Waals surface area contributed by atoms with Gasteiger partial charge >= 0.3 is 0 Å². The molecule has 0 saturated carbocycles. The van der Waals surface area contributed by atoms with Gasteiger partial charge in [-0.05, 0) is 42.5 Å². The molecule has 0 unspecified atom stereocenters. The number of ether oxygens (including phenoxy) is 1. The van der Waals surface area contributed by atoms with E-state index < -0.39 is 16.1 Å². The summed E-state index contributed by atoms with van der Waals surface area (Å²) in [5.74, 6) is -0.177. The summed E-state index contributed by atoms with van der Waals surface area (Å²) < 4.78 is 32.3. The minimum Gasteiger partial charge on any atom is -0.376 e. The predicted molar refractivity (Wildman–Crippen MR) is 87.0 cm³/mol. The van der Waals surface area contributed by atoms with Gasteiger partial charge in [-0.25, -0.2) is 8.42 Å². The van der Waals surface area contributed by atoms with Gasteiger partial charge in [-0.2, -0.15) is 9.79 Å². The van der Waals surface area contributed by atoms with Crippen LogP contribution in [0.25, 0.3) is 0 Å². The zero-order valence-electron chi connectivity index (χ0n) is 12.7. The summed E-state index contributed by atoms with van der Waals surface area (Å²) in [5, 5.41) is 9.92. The minimum absolute atomic E-state index is 0.177. The third-order valence-electron chi connectivity index (χ3n) is 4.51. The van der Waals surface area contributed by atoms with Crippen molar-refractivity contribution in [3.8, 4) is 0 Å². The van der Waals surface area contributed by atoms with Crippen LogP contribution in [0.3, 0.4) is 0 Å². The summed E-state index contributed by atoms with van der Waals surface area (Å²) in [6, 6.07) is 4.99. The molecule has 0 aliphatic carbocycles. The van der Waals surface area contributed by atoms with Crippen molar-refractivity contribution in [2.75, 3.05) is 18.9 Å². The van der Waals surface area contributed by atoms with Crippen LogP contribution < -0.4 is 5.48 Å². The predicted octanol–water partition coefficient (Wildman–Crippen LogP) is 1.55. The van der Waals surface area contributed by atoms with E-state index >= 15 is 0 Å². The highest BCUT2D eigenvalue weighted by atomic mass is 35.5. The van der Waals surface area contributed by atoms with Crippen LogP contribution in [0.1, 0.15) is 24.0 Å². The van der Waals surface area contributed by atoms with Gasteiger partial charge in [0.05, 0.1) is 17.9 Å². The molecule has 0 aromatic heterocycles. The van der Waals surface area contributed by atoms with Gasteiger partial charge in [0.1, 0.15) is 0 Å². The van der Waals surface area contributed by atoms with Gasteiger partial charge in [0.25, 0.3) is 0 Å². The highest BCUT2D eigenvalue weighted by Crippen LogP contribution is 2.25. The molecule has 0 radical (unpaired) electrons. The number of rotatable bonds is 5. The van der Waals surface area contributed by atoms with Gasteiger partial charge in [-0.3, -0.25) is 0 Å². The Morgan fingerprint density at radius 3 is 2.96 bits per heavy atom. The molecule has 1 fully saturated rings. The summed E-state index contributed by atoms with van der Waals surface area (Å²) in [4.78, 5) is 0. The molecular weight excluding hydrogens is 340 g/mol. The first-order valence-corrected chi connectivity index (χ1v) is 9.74. The van der Waals surface area contributed by atoms with Crippen LogP contribution in [0.5, 0.6) is 0 Å². The van der Waals surface area contributed by atoms with Crippen molar-refractivity contribution in [3.63, 3.8) is 0 Å². The lowest BCUT2D eigenvalue weighted by atomic mass is 10.0. The molecular formula is C15H21ClN2O4S. The number of hydroxylamine groups is 1. The number of benzene rings is 1. The van der Waals surface area contributed by atoms with Crippen LogP contribution in [0.2, 0.25) is 5.02 Å². The van der Waals surface area contributed by atoms with Crippen LogP contribution in [-0.2, 0) is 27.7 Å². The number of hydrogen-bond donors (Lipinski definition) is 2. The second-order valence-electron chi connectivity index (χ2n) is 6.06. The van der Waals surface area contributed by atoms with Gasteiger partial charge in [0.15, 0.2) is 0 Å². The Hall–Kier alpha value is -0.700. The zero-order valence-corrected chi connectivity index (χ0v) is 14.3. The summed E-state index contributed by atoms with van der Waals surface area (Å²) in [7, 11) is -3.50. The Balaban J connectivity index is 1.72. The lowest BCUT2D eigenvalue weighted by molar-refractivity contribution is 0.0277. The summed E-state index contributed by atoms with van der Waals surface area (Å²) in [6.45, 7) is 1.38. The Labute approximate surface area is 141 Å². The topological polar surface area (TPSA) is 78.9 Å². The number of sulfonamides is 1. The highest BCUT2D eigenvalue weighted by Gasteiger charge is 2.34. The lowest BCUT2D eigenvalue weighted by Crippen LogP contribution is -2.47. The van der Waals surface area contributed by atoms with E-state index in [4.69, 9.17) is 16.3 Å². The van der Waals surface area contributed by atoms with E-state index in [2.05, 4.69) is 5.48 Å². The molecule has 128 valence electrons. The second kappa shape index (κ2) is 7.04. The van der Waals surface area contributed by atoms with Crippen molar-refractivity contribution < 1.29 is 18.4 Å². The monoisotopic (exact) mass is 360 g/mol. The Kier molecular flexibility index (Phi) is 5.25. The lowest BCUT2D eigenvalue weighted by Gasteiger charge is -2.30. The average molecular weight is 361 g/mol. The van der Waals surface area contributed by atoms with Crippen molar-refractivity contribution >= 4 is 21.6 Å². The molecule has 2 aliphatic rings. The van der Waals surface area contributed by atoms with Crippen molar-refractivity contribution in [1.82, 2.24) is 9.79 Å². The van der Waals surface area contributed by atoms with Gasteiger partial charge in [0.2, 0.25) is 10.0 Å². The molecule has 1 aromatic carbocycles. The number of halogens is 1. The maximum Gasteiger partial charge on any atom is 0.216 e. The Bertz CT molecular complexity index is 661. The van der Waals surface area contributed by atoms with E-state index in [1.807, 2.05) is 18.2 Å².